The Kier molecular flexibility index (Phi) is 4.73. The second-order valence-electron chi connectivity index (χ2n) is 5.14. The number of methoxy groups -OCH3 is 2. The van der Waals surface area contributed by atoms with Gasteiger partial charge in [-0.1, -0.05) is 19.4 Å². The number of epoxide rings is 1. The predicted octanol–water partition coefficient (Wildman–Crippen LogP) is 4.29. The van der Waals surface area contributed by atoms with Crippen LogP contribution in [0, 0.1) is 0 Å². The molecule has 1 aliphatic rings. The highest BCUT2D eigenvalue weighted by Crippen LogP contribution is 2.50. The maximum absolute atomic E-state index is 6.37. The molecule has 1 aliphatic heterocycles. The molecule has 0 radical (unpaired) electrons. The monoisotopic (exact) mass is 318 g/mol. The van der Waals surface area contributed by atoms with E-state index in [9.17, 15) is 0 Å². The van der Waals surface area contributed by atoms with Crippen molar-refractivity contribution in [2.24, 2.45) is 0 Å². The minimum atomic E-state index is -0.765. The van der Waals surface area contributed by atoms with Gasteiger partial charge in [0.2, 0.25) is 0 Å². The lowest BCUT2D eigenvalue weighted by atomic mass is 9.93. The standard InChI is InChI=1S/C15H20Cl2O3/c1-4-7-15(16,17)9-14(10-20-14)11-5-6-12(18-2)13(8-11)19-3/h5-6,8H,4,7,9-10H2,1-3H3. The van der Waals surface area contributed by atoms with E-state index in [1.54, 1.807) is 14.2 Å². The molecule has 1 unspecified atom stereocenters. The summed E-state index contributed by atoms with van der Waals surface area (Å²) >= 11 is 12.7. The van der Waals surface area contributed by atoms with E-state index in [0.717, 1.165) is 18.4 Å². The zero-order valence-corrected chi connectivity index (χ0v) is 13.6. The lowest BCUT2D eigenvalue weighted by molar-refractivity contribution is 0.279. The fourth-order valence-corrected chi connectivity index (χ4v) is 3.26. The van der Waals surface area contributed by atoms with E-state index in [1.807, 2.05) is 18.2 Å². The molecule has 5 heteroatoms. The van der Waals surface area contributed by atoms with E-state index in [2.05, 4.69) is 6.92 Å². The third-order valence-electron chi connectivity index (χ3n) is 3.56. The quantitative estimate of drug-likeness (QED) is 0.555. The van der Waals surface area contributed by atoms with Crippen LogP contribution in [0.15, 0.2) is 18.2 Å². The molecule has 0 aliphatic carbocycles. The summed E-state index contributed by atoms with van der Waals surface area (Å²) in [5.74, 6) is 1.38. The van der Waals surface area contributed by atoms with Gasteiger partial charge in [0.15, 0.2) is 11.5 Å². The Balaban J connectivity index is 2.22. The third-order valence-corrected chi connectivity index (χ3v) is 4.21. The van der Waals surface area contributed by atoms with Crippen molar-refractivity contribution in [1.82, 2.24) is 0 Å². The summed E-state index contributed by atoms with van der Waals surface area (Å²) in [7, 11) is 3.23. The van der Waals surface area contributed by atoms with Crippen molar-refractivity contribution in [3.05, 3.63) is 23.8 Å². The van der Waals surface area contributed by atoms with Crippen molar-refractivity contribution in [3.8, 4) is 11.5 Å². The average molecular weight is 319 g/mol. The lowest BCUT2D eigenvalue weighted by Gasteiger charge is -2.24. The number of ether oxygens (including phenoxy) is 3. The highest BCUT2D eigenvalue weighted by molar-refractivity contribution is 6.48. The summed E-state index contributed by atoms with van der Waals surface area (Å²) in [6, 6.07) is 5.79. The Bertz CT molecular complexity index is 470. The molecule has 1 aromatic rings. The number of hydrogen-bond acceptors (Lipinski definition) is 3. The molecule has 1 atom stereocenters. The summed E-state index contributed by atoms with van der Waals surface area (Å²) in [5.41, 5.74) is 0.634. The van der Waals surface area contributed by atoms with Gasteiger partial charge < -0.3 is 14.2 Å². The number of alkyl halides is 2. The van der Waals surface area contributed by atoms with Crippen molar-refractivity contribution in [2.75, 3.05) is 20.8 Å². The lowest BCUT2D eigenvalue weighted by Crippen LogP contribution is -2.23. The van der Waals surface area contributed by atoms with Crippen LogP contribution in [0.4, 0.5) is 0 Å². The summed E-state index contributed by atoms with van der Waals surface area (Å²) in [4.78, 5) is 0. The van der Waals surface area contributed by atoms with Gasteiger partial charge in [-0.2, -0.15) is 0 Å². The van der Waals surface area contributed by atoms with Gasteiger partial charge in [-0.3, -0.25) is 0 Å². The first-order valence-corrected chi connectivity index (χ1v) is 7.46. The largest absolute Gasteiger partial charge is 0.493 e. The Hall–Kier alpha value is -0.640. The number of rotatable bonds is 7. The molecule has 3 nitrogen and oxygen atoms in total. The molecular weight excluding hydrogens is 299 g/mol. The molecule has 0 aromatic heterocycles. The van der Waals surface area contributed by atoms with Gasteiger partial charge in [-0.15, -0.1) is 23.2 Å². The molecule has 0 amide bonds. The third kappa shape index (κ3) is 3.33. The van der Waals surface area contributed by atoms with Gasteiger partial charge in [0.25, 0.3) is 0 Å². The maximum atomic E-state index is 6.37. The second kappa shape index (κ2) is 6.00. The fourth-order valence-electron chi connectivity index (χ4n) is 2.45. The highest BCUT2D eigenvalue weighted by atomic mass is 35.5. The Labute approximate surface area is 130 Å². The van der Waals surface area contributed by atoms with Crippen LogP contribution >= 0.6 is 23.2 Å². The van der Waals surface area contributed by atoms with Crippen molar-refractivity contribution in [2.45, 2.75) is 36.1 Å². The first kappa shape index (κ1) is 15.7. The summed E-state index contributed by atoms with van der Waals surface area (Å²) in [6.45, 7) is 2.70. The van der Waals surface area contributed by atoms with Crippen LogP contribution in [0.2, 0.25) is 0 Å². The molecule has 112 valence electrons. The highest BCUT2D eigenvalue weighted by Gasteiger charge is 2.51. The van der Waals surface area contributed by atoms with Crippen LogP contribution in [-0.2, 0) is 10.3 Å². The van der Waals surface area contributed by atoms with Crippen molar-refractivity contribution >= 4 is 23.2 Å². The minimum Gasteiger partial charge on any atom is -0.493 e. The maximum Gasteiger partial charge on any atom is 0.161 e. The zero-order chi connectivity index (χ0) is 14.8. The molecule has 0 bridgehead atoms. The van der Waals surface area contributed by atoms with Crippen LogP contribution in [0.5, 0.6) is 11.5 Å². The van der Waals surface area contributed by atoms with Gasteiger partial charge in [0, 0.05) is 6.42 Å². The van der Waals surface area contributed by atoms with Gasteiger partial charge in [0.1, 0.15) is 9.93 Å². The topological polar surface area (TPSA) is 31.0 Å². The normalized spacial score (nSPS) is 21.6. The van der Waals surface area contributed by atoms with Crippen LogP contribution in [0.1, 0.15) is 31.7 Å². The fraction of sp³-hybridized carbons (Fsp3) is 0.600. The van der Waals surface area contributed by atoms with E-state index >= 15 is 0 Å². The predicted molar refractivity (Wildman–Crippen MR) is 81.1 cm³/mol. The molecule has 0 saturated carbocycles. The first-order chi connectivity index (χ1) is 9.46. The number of benzene rings is 1. The van der Waals surface area contributed by atoms with Gasteiger partial charge in [-0.05, 0) is 24.1 Å². The summed E-state index contributed by atoms with van der Waals surface area (Å²) < 4.78 is 15.5. The smallest absolute Gasteiger partial charge is 0.161 e. The number of hydrogen-bond donors (Lipinski definition) is 0. The Morgan fingerprint density at radius 3 is 2.40 bits per heavy atom. The van der Waals surface area contributed by atoms with Gasteiger partial charge in [-0.25, -0.2) is 0 Å². The summed E-state index contributed by atoms with van der Waals surface area (Å²) in [5, 5.41) is 0. The SMILES string of the molecule is CCCC(Cl)(Cl)CC1(c2ccc(OC)c(OC)c2)CO1. The van der Waals surface area contributed by atoms with E-state index in [4.69, 9.17) is 37.4 Å². The molecular formula is C15H20Cl2O3. The number of halogens is 2. The summed E-state index contributed by atoms with van der Waals surface area (Å²) in [6.07, 6.45) is 2.26. The minimum absolute atomic E-state index is 0.391. The van der Waals surface area contributed by atoms with Gasteiger partial charge >= 0.3 is 0 Å². The van der Waals surface area contributed by atoms with Crippen LogP contribution in [0.3, 0.4) is 0 Å². The van der Waals surface area contributed by atoms with Gasteiger partial charge in [0.05, 0.1) is 20.8 Å². The molecule has 1 fully saturated rings. The van der Waals surface area contributed by atoms with E-state index in [0.29, 0.717) is 24.5 Å². The molecule has 2 rings (SSSR count). The molecule has 1 heterocycles. The van der Waals surface area contributed by atoms with Crippen LogP contribution < -0.4 is 9.47 Å². The van der Waals surface area contributed by atoms with Crippen LogP contribution in [-0.4, -0.2) is 25.2 Å². The second-order valence-corrected chi connectivity index (χ2v) is 6.78. The molecule has 0 N–H and O–H groups in total. The van der Waals surface area contributed by atoms with Crippen molar-refractivity contribution < 1.29 is 14.2 Å². The van der Waals surface area contributed by atoms with E-state index < -0.39 is 9.93 Å². The zero-order valence-electron chi connectivity index (χ0n) is 12.0. The molecule has 20 heavy (non-hydrogen) atoms. The molecule has 1 aromatic carbocycles. The van der Waals surface area contributed by atoms with Crippen LogP contribution in [0.25, 0.3) is 0 Å². The van der Waals surface area contributed by atoms with Crippen molar-refractivity contribution in [3.63, 3.8) is 0 Å². The Morgan fingerprint density at radius 2 is 1.90 bits per heavy atom. The van der Waals surface area contributed by atoms with E-state index in [1.165, 1.54) is 0 Å². The first-order valence-electron chi connectivity index (χ1n) is 6.70. The average Bonchev–Trinajstić information content (AvgIpc) is 3.17. The molecule has 1 saturated heterocycles. The van der Waals surface area contributed by atoms with Crippen molar-refractivity contribution in [1.29, 1.82) is 0 Å². The molecule has 0 spiro atoms. The Morgan fingerprint density at radius 1 is 1.25 bits per heavy atom. The van der Waals surface area contributed by atoms with E-state index in [-0.39, 0.29) is 0 Å².